The van der Waals surface area contributed by atoms with E-state index < -0.39 is 10.8 Å². The summed E-state index contributed by atoms with van der Waals surface area (Å²) < 4.78 is 11.7. The number of nitrogen functional groups attached to an aromatic ring is 1. The molecule has 1 rings (SSSR count). The van der Waals surface area contributed by atoms with Gasteiger partial charge in [-0.1, -0.05) is 0 Å². The van der Waals surface area contributed by atoms with Crippen LogP contribution in [0.3, 0.4) is 0 Å². The van der Waals surface area contributed by atoms with E-state index in [1.54, 1.807) is 24.5 Å². The zero-order valence-corrected chi connectivity index (χ0v) is 12.1. The molecule has 1 aromatic rings. The zero-order chi connectivity index (χ0) is 13.0. The minimum Gasteiger partial charge on any atom is -0.398 e. The predicted molar refractivity (Wildman–Crippen MR) is 74.4 cm³/mol. The summed E-state index contributed by atoms with van der Waals surface area (Å²) in [7, 11) is -0.921. The average molecular weight is 319 g/mol. The molecule has 0 fully saturated rings. The summed E-state index contributed by atoms with van der Waals surface area (Å²) in [4.78, 5) is 11.8. The fourth-order valence-corrected chi connectivity index (χ4v) is 2.54. The number of nitrogens with one attached hydrogen (secondary N) is 1. The van der Waals surface area contributed by atoms with Gasteiger partial charge in [0.2, 0.25) is 0 Å². The molecule has 6 heteroatoms. The van der Waals surface area contributed by atoms with Crippen LogP contribution in [0.1, 0.15) is 17.3 Å². The lowest BCUT2D eigenvalue weighted by molar-refractivity contribution is 0.0943. The Morgan fingerprint density at radius 2 is 2.24 bits per heavy atom. The predicted octanol–water partition coefficient (Wildman–Crippen LogP) is 1.53. The van der Waals surface area contributed by atoms with E-state index in [1.807, 2.05) is 6.92 Å². The number of halogens is 1. The summed E-state index contributed by atoms with van der Waals surface area (Å²) in [6.07, 6.45) is 1.61. The highest BCUT2D eigenvalue weighted by Crippen LogP contribution is 2.20. The van der Waals surface area contributed by atoms with Crippen molar-refractivity contribution in [3.05, 3.63) is 28.2 Å². The van der Waals surface area contributed by atoms with Crippen molar-refractivity contribution in [2.75, 3.05) is 17.7 Å². The van der Waals surface area contributed by atoms with Crippen LogP contribution >= 0.6 is 15.9 Å². The van der Waals surface area contributed by atoms with Crippen LogP contribution in [0.25, 0.3) is 0 Å². The van der Waals surface area contributed by atoms with Gasteiger partial charge in [0.1, 0.15) is 0 Å². The molecular formula is C11H15BrN2O2S. The molecule has 1 amide bonds. The van der Waals surface area contributed by atoms with E-state index in [-0.39, 0.29) is 11.9 Å². The second kappa shape index (κ2) is 6.16. The lowest BCUT2D eigenvalue weighted by Crippen LogP contribution is -2.36. The van der Waals surface area contributed by atoms with E-state index >= 15 is 0 Å². The van der Waals surface area contributed by atoms with Crippen LogP contribution in [0.15, 0.2) is 22.7 Å². The van der Waals surface area contributed by atoms with Crippen molar-refractivity contribution in [2.45, 2.75) is 13.0 Å². The topological polar surface area (TPSA) is 72.2 Å². The Morgan fingerprint density at radius 1 is 1.59 bits per heavy atom. The van der Waals surface area contributed by atoms with Gasteiger partial charge in [-0.25, -0.2) is 0 Å². The zero-order valence-electron chi connectivity index (χ0n) is 9.70. The van der Waals surface area contributed by atoms with Crippen molar-refractivity contribution in [1.29, 1.82) is 0 Å². The first-order chi connectivity index (χ1) is 7.90. The molecule has 0 aromatic heterocycles. The van der Waals surface area contributed by atoms with Gasteiger partial charge in [-0.05, 0) is 41.1 Å². The second-order valence-corrected chi connectivity index (χ2v) is 6.18. The lowest BCUT2D eigenvalue weighted by atomic mass is 10.2. The third-order valence-electron chi connectivity index (χ3n) is 2.12. The van der Waals surface area contributed by atoms with Gasteiger partial charge in [-0.2, -0.15) is 0 Å². The molecule has 3 N–H and O–H groups in total. The van der Waals surface area contributed by atoms with E-state index in [0.717, 1.165) is 0 Å². The second-order valence-electron chi connectivity index (χ2n) is 3.85. The molecule has 0 saturated heterocycles. The Labute approximate surface area is 112 Å². The highest BCUT2D eigenvalue weighted by molar-refractivity contribution is 9.10. The SMILES string of the molecule is CC(CS(C)=O)NC(=O)c1ccc(N)c(Br)c1. The van der Waals surface area contributed by atoms with Crippen molar-refractivity contribution in [3.8, 4) is 0 Å². The summed E-state index contributed by atoms with van der Waals surface area (Å²) >= 11 is 3.27. The molecule has 0 saturated carbocycles. The van der Waals surface area contributed by atoms with Crippen LogP contribution in [-0.2, 0) is 10.8 Å². The van der Waals surface area contributed by atoms with Gasteiger partial charge in [-0.3, -0.25) is 9.00 Å². The first kappa shape index (κ1) is 14.2. The lowest BCUT2D eigenvalue weighted by Gasteiger charge is -2.12. The summed E-state index contributed by atoms with van der Waals surface area (Å²) in [5, 5.41) is 2.78. The van der Waals surface area contributed by atoms with Crippen molar-refractivity contribution in [3.63, 3.8) is 0 Å². The van der Waals surface area contributed by atoms with Gasteiger partial charge in [0, 0.05) is 44.6 Å². The van der Waals surface area contributed by atoms with Crippen molar-refractivity contribution < 1.29 is 9.00 Å². The molecule has 0 spiro atoms. The standard InChI is InChI=1S/C11H15BrN2O2S/c1-7(6-17(2)16)14-11(15)8-3-4-10(13)9(12)5-8/h3-5,7H,6,13H2,1-2H3,(H,14,15). The maximum atomic E-state index is 11.8. The molecule has 94 valence electrons. The molecule has 4 nitrogen and oxygen atoms in total. The Balaban J connectivity index is 2.70. The van der Waals surface area contributed by atoms with Crippen molar-refractivity contribution in [1.82, 2.24) is 5.32 Å². The molecule has 0 aliphatic carbocycles. The maximum absolute atomic E-state index is 11.8. The van der Waals surface area contributed by atoms with Crippen LogP contribution in [0.4, 0.5) is 5.69 Å². The van der Waals surface area contributed by atoms with E-state index in [1.165, 1.54) is 0 Å². The van der Waals surface area contributed by atoms with Gasteiger partial charge in [0.15, 0.2) is 0 Å². The smallest absolute Gasteiger partial charge is 0.251 e. The number of benzene rings is 1. The summed E-state index contributed by atoms with van der Waals surface area (Å²) in [5.41, 5.74) is 6.75. The van der Waals surface area contributed by atoms with Gasteiger partial charge < -0.3 is 11.1 Å². The first-order valence-electron chi connectivity index (χ1n) is 5.06. The number of nitrogens with two attached hydrogens (primary N) is 1. The third kappa shape index (κ3) is 4.47. The van der Waals surface area contributed by atoms with E-state index in [4.69, 9.17) is 5.73 Å². The van der Waals surface area contributed by atoms with Crippen LogP contribution in [0.5, 0.6) is 0 Å². The highest BCUT2D eigenvalue weighted by Gasteiger charge is 2.11. The number of amides is 1. The number of hydrogen-bond donors (Lipinski definition) is 2. The summed E-state index contributed by atoms with van der Waals surface area (Å²) in [6.45, 7) is 1.83. The van der Waals surface area contributed by atoms with Crippen LogP contribution < -0.4 is 11.1 Å². The molecule has 0 aliphatic rings. The summed E-state index contributed by atoms with van der Waals surface area (Å²) in [6, 6.07) is 4.87. The van der Waals surface area contributed by atoms with Gasteiger partial charge in [0.25, 0.3) is 5.91 Å². The number of carbonyl (C=O) groups excluding carboxylic acids is 1. The maximum Gasteiger partial charge on any atom is 0.251 e. The largest absolute Gasteiger partial charge is 0.398 e. The van der Waals surface area contributed by atoms with E-state index in [2.05, 4.69) is 21.2 Å². The molecule has 2 unspecified atom stereocenters. The Bertz CT molecular complexity index is 451. The minimum absolute atomic E-state index is 0.121. The molecule has 0 radical (unpaired) electrons. The molecule has 0 bridgehead atoms. The first-order valence-corrected chi connectivity index (χ1v) is 7.58. The molecule has 17 heavy (non-hydrogen) atoms. The number of rotatable bonds is 4. The van der Waals surface area contributed by atoms with Crippen molar-refractivity contribution >= 4 is 38.3 Å². The quantitative estimate of drug-likeness (QED) is 0.827. The molecular weight excluding hydrogens is 304 g/mol. The average Bonchev–Trinajstić information content (AvgIpc) is 2.20. The molecule has 0 aliphatic heterocycles. The van der Waals surface area contributed by atoms with Crippen LogP contribution in [0, 0.1) is 0 Å². The number of anilines is 1. The Morgan fingerprint density at radius 3 is 2.76 bits per heavy atom. The summed E-state index contributed by atoms with van der Waals surface area (Å²) in [5.74, 6) is 0.255. The third-order valence-corrected chi connectivity index (χ3v) is 3.78. The van der Waals surface area contributed by atoms with Crippen molar-refractivity contribution in [2.24, 2.45) is 0 Å². The van der Waals surface area contributed by atoms with Gasteiger partial charge in [0.05, 0.1) is 0 Å². The molecule has 2 atom stereocenters. The Kier molecular flexibility index (Phi) is 5.14. The molecule has 1 aromatic carbocycles. The Hall–Kier alpha value is -0.880. The molecule has 0 heterocycles. The monoisotopic (exact) mass is 318 g/mol. The van der Waals surface area contributed by atoms with Crippen LogP contribution in [-0.4, -0.2) is 28.2 Å². The van der Waals surface area contributed by atoms with Gasteiger partial charge in [-0.15, -0.1) is 0 Å². The van der Waals surface area contributed by atoms with E-state index in [9.17, 15) is 9.00 Å². The fourth-order valence-electron chi connectivity index (χ4n) is 1.37. The minimum atomic E-state index is -0.921. The van der Waals surface area contributed by atoms with Gasteiger partial charge >= 0.3 is 0 Å². The van der Waals surface area contributed by atoms with E-state index in [0.29, 0.717) is 21.5 Å². The number of hydrogen-bond acceptors (Lipinski definition) is 3. The normalized spacial score (nSPS) is 14.1. The highest BCUT2D eigenvalue weighted by atomic mass is 79.9. The van der Waals surface area contributed by atoms with Crippen LogP contribution in [0.2, 0.25) is 0 Å². The fraction of sp³-hybridized carbons (Fsp3) is 0.364. The number of carbonyl (C=O) groups is 1.